The molecule has 0 aliphatic heterocycles. The highest BCUT2D eigenvalue weighted by Gasteiger charge is 2.37. The van der Waals surface area contributed by atoms with Gasteiger partial charge < -0.3 is 9.16 Å². The van der Waals surface area contributed by atoms with Crippen LogP contribution in [0.1, 0.15) is 33.3 Å². The molecule has 0 radical (unpaired) electrons. The minimum absolute atomic E-state index is 0.206. The third-order valence-electron chi connectivity index (χ3n) is 4.42. The molecule has 0 aliphatic rings. The molecule has 0 bridgehead atoms. The van der Waals surface area contributed by atoms with Gasteiger partial charge in [-0.25, -0.2) is 4.39 Å². The number of halogens is 1. The molecule has 0 amide bonds. The van der Waals surface area contributed by atoms with Crippen LogP contribution in [0, 0.1) is 11.7 Å². The zero-order valence-electron chi connectivity index (χ0n) is 15.4. The fraction of sp³-hybridized carbons (Fsp3) is 0.579. The molecule has 0 aliphatic carbocycles. The third kappa shape index (κ3) is 6.48. The smallest absolute Gasteiger partial charge is 0.191 e. The fourth-order valence-corrected chi connectivity index (χ4v) is 3.14. The summed E-state index contributed by atoms with van der Waals surface area (Å²) in [6.45, 7) is 18.0. The predicted octanol–water partition coefficient (Wildman–Crippen LogP) is 5.59. The molecule has 2 nitrogen and oxygen atoms in total. The summed E-state index contributed by atoms with van der Waals surface area (Å²) in [5.41, 5.74) is 0.940. The van der Waals surface area contributed by atoms with Gasteiger partial charge in [-0.15, -0.1) is 0 Å². The van der Waals surface area contributed by atoms with Crippen LogP contribution < -0.4 is 4.74 Å². The summed E-state index contributed by atoms with van der Waals surface area (Å²) in [4.78, 5) is 0. The van der Waals surface area contributed by atoms with Gasteiger partial charge in [0.15, 0.2) is 8.32 Å². The molecular weight excluding hydrogens is 307 g/mol. The number of hydrogen-bond acceptors (Lipinski definition) is 2. The van der Waals surface area contributed by atoms with Gasteiger partial charge in [0, 0.05) is 12.7 Å². The van der Waals surface area contributed by atoms with Crippen molar-refractivity contribution in [3.05, 3.63) is 42.2 Å². The Labute approximate surface area is 141 Å². The molecule has 0 N–H and O–H groups in total. The molecule has 0 saturated heterocycles. The maximum atomic E-state index is 13.7. The number of benzene rings is 1. The highest BCUT2D eigenvalue weighted by atomic mass is 28.4. The standard InChI is InChI=1S/C19H31FO2Si/c1-8-9-21-18-12-16(11-17(20)13-18)10-15(2)14-22-23(6,7)19(3,4)5/h8,11-13,15H,1,9-10,14H2,2-7H3/t15-/m0/s1. The third-order valence-corrected chi connectivity index (χ3v) is 8.92. The summed E-state index contributed by atoms with van der Waals surface area (Å²) in [5, 5.41) is 0.206. The van der Waals surface area contributed by atoms with E-state index >= 15 is 0 Å². The fourth-order valence-electron chi connectivity index (χ4n) is 2.01. The van der Waals surface area contributed by atoms with Crippen molar-refractivity contribution in [2.24, 2.45) is 5.92 Å². The highest BCUT2D eigenvalue weighted by Crippen LogP contribution is 2.36. The van der Waals surface area contributed by atoms with Crippen LogP contribution in [-0.4, -0.2) is 21.5 Å². The molecule has 1 aromatic carbocycles. The quantitative estimate of drug-likeness (QED) is 0.454. The largest absolute Gasteiger partial charge is 0.489 e. The lowest BCUT2D eigenvalue weighted by Crippen LogP contribution is -2.41. The second-order valence-electron chi connectivity index (χ2n) is 7.78. The summed E-state index contributed by atoms with van der Waals surface area (Å²) in [7, 11) is -1.73. The van der Waals surface area contributed by atoms with Gasteiger partial charge >= 0.3 is 0 Å². The molecule has 1 aromatic rings. The van der Waals surface area contributed by atoms with E-state index in [1.807, 2.05) is 6.07 Å². The van der Waals surface area contributed by atoms with Crippen molar-refractivity contribution in [1.29, 1.82) is 0 Å². The van der Waals surface area contributed by atoms with Crippen LogP contribution in [0.3, 0.4) is 0 Å². The van der Waals surface area contributed by atoms with Crippen molar-refractivity contribution in [2.45, 2.75) is 52.2 Å². The van der Waals surface area contributed by atoms with E-state index in [0.29, 0.717) is 24.9 Å². The van der Waals surface area contributed by atoms with Crippen molar-refractivity contribution in [3.8, 4) is 5.75 Å². The van der Waals surface area contributed by atoms with Crippen molar-refractivity contribution < 1.29 is 13.6 Å². The second kappa shape index (κ2) is 8.11. The molecule has 23 heavy (non-hydrogen) atoms. The molecule has 0 saturated carbocycles. The van der Waals surface area contributed by atoms with E-state index in [1.54, 1.807) is 12.1 Å². The van der Waals surface area contributed by atoms with E-state index in [9.17, 15) is 4.39 Å². The Hall–Kier alpha value is -1.13. The number of ether oxygens (including phenoxy) is 1. The lowest BCUT2D eigenvalue weighted by Gasteiger charge is -2.37. The molecular formula is C19H31FO2Si. The Morgan fingerprint density at radius 3 is 2.48 bits per heavy atom. The molecule has 1 rings (SSSR count). The lowest BCUT2D eigenvalue weighted by atomic mass is 10.0. The van der Waals surface area contributed by atoms with Gasteiger partial charge in [0.1, 0.15) is 18.2 Å². The first-order valence-corrected chi connectivity index (χ1v) is 11.1. The van der Waals surface area contributed by atoms with Gasteiger partial charge in [-0.2, -0.15) is 0 Å². The number of rotatable bonds is 8. The molecule has 130 valence electrons. The van der Waals surface area contributed by atoms with Crippen molar-refractivity contribution in [2.75, 3.05) is 13.2 Å². The summed E-state index contributed by atoms with van der Waals surface area (Å²) in [5.74, 6) is 0.620. The van der Waals surface area contributed by atoms with E-state index in [-0.39, 0.29) is 10.9 Å². The van der Waals surface area contributed by atoms with Gasteiger partial charge in [0.2, 0.25) is 0 Å². The van der Waals surface area contributed by atoms with Crippen LogP contribution >= 0.6 is 0 Å². The first-order valence-electron chi connectivity index (χ1n) is 8.22. The van der Waals surface area contributed by atoms with E-state index in [2.05, 4.69) is 47.4 Å². The molecule has 0 fully saturated rings. The van der Waals surface area contributed by atoms with Crippen LogP contribution in [0.25, 0.3) is 0 Å². The Bertz CT molecular complexity index is 521. The Morgan fingerprint density at radius 1 is 1.26 bits per heavy atom. The summed E-state index contributed by atoms with van der Waals surface area (Å²) >= 11 is 0. The maximum absolute atomic E-state index is 13.7. The Morgan fingerprint density at radius 2 is 1.91 bits per heavy atom. The normalized spacial score (nSPS) is 13.7. The monoisotopic (exact) mass is 338 g/mol. The molecule has 0 heterocycles. The predicted molar refractivity (Wildman–Crippen MR) is 98.1 cm³/mol. The highest BCUT2D eigenvalue weighted by molar-refractivity contribution is 6.74. The van der Waals surface area contributed by atoms with Crippen LogP contribution in [0.4, 0.5) is 4.39 Å². The minimum Gasteiger partial charge on any atom is -0.489 e. The molecule has 0 unspecified atom stereocenters. The summed E-state index contributed by atoms with van der Waals surface area (Å²) in [6.07, 6.45) is 2.43. The Kier molecular flexibility index (Phi) is 7.02. The van der Waals surface area contributed by atoms with Gasteiger partial charge in [-0.05, 0) is 48.2 Å². The molecule has 0 aromatic heterocycles. The first-order chi connectivity index (χ1) is 10.5. The maximum Gasteiger partial charge on any atom is 0.191 e. The van der Waals surface area contributed by atoms with E-state index in [4.69, 9.17) is 9.16 Å². The van der Waals surface area contributed by atoms with E-state index in [1.165, 1.54) is 6.07 Å². The lowest BCUT2D eigenvalue weighted by molar-refractivity contribution is 0.237. The minimum atomic E-state index is -1.73. The van der Waals surface area contributed by atoms with Crippen LogP contribution in [-0.2, 0) is 10.8 Å². The molecule has 1 atom stereocenters. The van der Waals surface area contributed by atoms with Gasteiger partial charge in [0.05, 0.1) is 0 Å². The van der Waals surface area contributed by atoms with Gasteiger partial charge in [0.25, 0.3) is 0 Å². The van der Waals surface area contributed by atoms with Crippen LogP contribution in [0.2, 0.25) is 18.1 Å². The molecule has 4 heteroatoms. The summed E-state index contributed by atoms with van der Waals surface area (Å²) in [6, 6.07) is 4.88. The molecule has 0 spiro atoms. The first kappa shape index (κ1) is 19.9. The van der Waals surface area contributed by atoms with E-state index in [0.717, 1.165) is 12.0 Å². The topological polar surface area (TPSA) is 18.5 Å². The van der Waals surface area contributed by atoms with Gasteiger partial charge in [-0.1, -0.05) is 40.3 Å². The second-order valence-corrected chi connectivity index (χ2v) is 12.6. The van der Waals surface area contributed by atoms with Crippen molar-refractivity contribution in [1.82, 2.24) is 0 Å². The summed E-state index contributed by atoms with van der Waals surface area (Å²) < 4.78 is 25.4. The SMILES string of the molecule is C=CCOc1cc(F)cc(C[C@H](C)CO[Si](C)(C)C(C)(C)C)c1. The Balaban J connectivity index is 2.65. The number of hydrogen-bond donors (Lipinski definition) is 0. The van der Waals surface area contributed by atoms with E-state index < -0.39 is 8.32 Å². The zero-order chi connectivity index (χ0) is 17.7. The zero-order valence-corrected chi connectivity index (χ0v) is 16.4. The average molecular weight is 339 g/mol. The average Bonchev–Trinajstić information content (AvgIpc) is 2.41. The van der Waals surface area contributed by atoms with Crippen molar-refractivity contribution >= 4 is 8.32 Å². The van der Waals surface area contributed by atoms with Crippen LogP contribution in [0.15, 0.2) is 30.9 Å². The van der Waals surface area contributed by atoms with Crippen molar-refractivity contribution in [3.63, 3.8) is 0 Å². The van der Waals surface area contributed by atoms with Crippen LogP contribution in [0.5, 0.6) is 5.75 Å². The van der Waals surface area contributed by atoms with Gasteiger partial charge in [-0.3, -0.25) is 0 Å².